The second-order valence-corrected chi connectivity index (χ2v) is 8.00. The van der Waals surface area contributed by atoms with Crippen LogP contribution in [0.2, 0.25) is 0 Å². The highest BCUT2D eigenvalue weighted by molar-refractivity contribution is 5.96. The lowest BCUT2D eigenvalue weighted by molar-refractivity contribution is -0.116. The molecule has 2 aromatic carbocycles. The molecule has 1 aliphatic carbocycles. The minimum absolute atomic E-state index is 0.0727. The summed E-state index contributed by atoms with van der Waals surface area (Å²) in [6.07, 6.45) is 4.60. The fraction of sp³-hybridized carbons (Fsp3) is 0.375. The molecule has 1 aromatic heterocycles. The number of anilines is 1. The van der Waals surface area contributed by atoms with Gasteiger partial charge in [-0.3, -0.25) is 18.7 Å². The van der Waals surface area contributed by atoms with E-state index in [1.165, 1.54) is 12.8 Å². The zero-order chi connectivity index (χ0) is 21.8. The standard InChI is InChI=1S/C24H28N4O3/c1-2-27-20-9-5-6-10-21(20)28(24(27)31)16-15-22(29)25-19-13-11-17(12-14-19)23(30)26-18-7-3-4-8-18/h5-6,9-14,18H,2-4,7-8,15-16H2,1H3,(H,25,29)(H,26,30). The first kappa shape index (κ1) is 20.9. The van der Waals surface area contributed by atoms with Crippen LogP contribution in [0, 0.1) is 0 Å². The SMILES string of the molecule is CCn1c(=O)n(CCC(=O)Nc2ccc(C(=O)NC3CCCC3)cc2)c2ccccc21. The van der Waals surface area contributed by atoms with Crippen LogP contribution in [0.4, 0.5) is 5.69 Å². The number of nitrogens with one attached hydrogen (secondary N) is 2. The van der Waals surface area contributed by atoms with Crippen molar-refractivity contribution in [2.75, 3.05) is 5.32 Å². The average Bonchev–Trinajstić information content (AvgIpc) is 3.38. The molecule has 162 valence electrons. The third-order valence-corrected chi connectivity index (χ3v) is 5.93. The number of hydrogen-bond acceptors (Lipinski definition) is 3. The van der Waals surface area contributed by atoms with Crippen LogP contribution in [0.5, 0.6) is 0 Å². The molecule has 0 atom stereocenters. The van der Waals surface area contributed by atoms with E-state index in [9.17, 15) is 14.4 Å². The monoisotopic (exact) mass is 420 g/mol. The molecule has 0 saturated heterocycles. The zero-order valence-electron chi connectivity index (χ0n) is 17.8. The van der Waals surface area contributed by atoms with Gasteiger partial charge in [-0.2, -0.15) is 0 Å². The maximum absolute atomic E-state index is 12.7. The van der Waals surface area contributed by atoms with Gasteiger partial charge < -0.3 is 10.6 Å². The number of carbonyl (C=O) groups is 2. The largest absolute Gasteiger partial charge is 0.349 e. The number of para-hydroxylation sites is 2. The first-order valence-corrected chi connectivity index (χ1v) is 11.0. The molecular weight excluding hydrogens is 392 g/mol. The van der Waals surface area contributed by atoms with Crippen LogP contribution in [-0.4, -0.2) is 27.0 Å². The summed E-state index contributed by atoms with van der Waals surface area (Å²) in [5.41, 5.74) is 2.82. The van der Waals surface area contributed by atoms with E-state index < -0.39 is 0 Å². The van der Waals surface area contributed by atoms with Crippen molar-refractivity contribution < 1.29 is 9.59 Å². The van der Waals surface area contributed by atoms with Crippen molar-refractivity contribution in [1.29, 1.82) is 0 Å². The number of carbonyl (C=O) groups excluding carboxylic acids is 2. The van der Waals surface area contributed by atoms with Gasteiger partial charge in [-0.15, -0.1) is 0 Å². The summed E-state index contributed by atoms with van der Waals surface area (Å²) in [5, 5.41) is 5.91. The van der Waals surface area contributed by atoms with Gasteiger partial charge in [0.15, 0.2) is 0 Å². The highest BCUT2D eigenvalue weighted by Crippen LogP contribution is 2.19. The van der Waals surface area contributed by atoms with Crippen LogP contribution < -0.4 is 16.3 Å². The fourth-order valence-corrected chi connectivity index (χ4v) is 4.27. The Bertz CT molecular complexity index is 1140. The van der Waals surface area contributed by atoms with E-state index in [0.717, 1.165) is 23.9 Å². The third kappa shape index (κ3) is 4.55. The molecule has 2 amide bonds. The van der Waals surface area contributed by atoms with Crippen LogP contribution >= 0.6 is 0 Å². The topological polar surface area (TPSA) is 85.1 Å². The number of aryl methyl sites for hydroxylation is 2. The first-order chi connectivity index (χ1) is 15.1. The summed E-state index contributed by atoms with van der Waals surface area (Å²) < 4.78 is 3.36. The molecule has 3 aromatic rings. The Hall–Kier alpha value is -3.35. The van der Waals surface area contributed by atoms with Gasteiger partial charge in [-0.05, 0) is 56.2 Å². The molecule has 0 bridgehead atoms. The normalized spacial score (nSPS) is 14.1. The Morgan fingerprint density at radius 3 is 2.26 bits per heavy atom. The number of fused-ring (bicyclic) bond motifs is 1. The Morgan fingerprint density at radius 2 is 1.61 bits per heavy atom. The summed E-state index contributed by atoms with van der Waals surface area (Å²) in [6.45, 7) is 2.82. The molecular formula is C24H28N4O3. The molecule has 1 heterocycles. The summed E-state index contributed by atoms with van der Waals surface area (Å²) in [6, 6.07) is 14.8. The van der Waals surface area contributed by atoms with Gasteiger partial charge in [0.25, 0.3) is 5.91 Å². The molecule has 0 radical (unpaired) electrons. The van der Waals surface area contributed by atoms with Crippen molar-refractivity contribution in [2.45, 2.75) is 58.2 Å². The van der Waals surface area contributed by atoms with Crippen LogP contribution in [0.25, 0.3) is 11.0 Å². The Kier molecular flexibility index (Phi) is 6.21. The fourth-order valence-electron chi connectivity index (χ4n) is 4.27. The van der Waals surface area contributed by atoms with Crippen molar-refractivity contribution in [3.8, 4) is 0 Å². The van der Waals surface area contributed by atoms with Gasteiger partial charge in [0.1, 0.15) is 0 Å². The number of amides is 2. The quantitative estimate of drug-likeness (QED) is 0.613. The Balaban J connectivity index is 1.36. The first-order valence-electron chi connectivity index (χ1n) is 11.0. The van der Waals surface area contributed by atoms with E-state index >= 15 is 0 Å². The summed E-state index contributed by atoms with van der Waals surface area (Å²) in [4.78, 5) is 37.4. The molecule has 0 spiro atoms. The van der Waals surface area contributed by atoms with Crippen molar-refractivity contribution in [1.82, 2.24) is 14.5 Å². The Morgan fingerprint density at radius 1 is 0.968 bits per heavy atom. The van der Waals surface area contributed by atoms with Crippen molar-refractivity contribution in [2.24, 2.45) is 0 Å². The molecule has 0 unspecified atom stereocenters. The Labute approximate surface area is 181 Å². The van der Waals surface area contributed by atoms with E-state index in [-0.39, 0.29) is 30.0 Å². The summed E-state index contributed by atoms with van der Waals surface area (Å²) in [5.74, 6) is -0.250. The highest BCUT2D eigenvalue weighted by atomic mass is 16.2. The number of imidazole rings is 1. The van der Waals surface area contributed by atoms with Crippen molar-refractivity contribution in [3.05, 3.63) is 64.6 Å². The number of rotatable bonds is 7. The zero-order valence-corrected chi connectivity index (χ0v) is 17.8. The molecule has 1 aliphatic rings. The maximum atomic E-state index is 12.7. The highest BCUT2D eigenvalue weighted by Gasteiger charge is 2.18. The molecule has 1 fully saturated rings. The van der Waals surface area contributed by atoms with E-state index in [1.807, 2.05) is 31.2 Å². The van der Waals surface area contributed by atoms with Gasteiger partial charge in [-0.25, -0.2) is 4.79 Å². The lowest BCUT2D eigenvalue weighted by atomic mass is 10.1. The molecule has 1 saturated carbocycles. The van der Waals surface area contributed by atoms with Gasteiger partial charge in [0.2, 0.25) is 5.91 Å². The minimum Gasteiger partial charge on any atom is -0.349 e. The van der Waals surface area contributed by atoms with E-state index in [0.29, 0.717) is 24.3 Å². The summed E-state index contributed by atoms with van der Waals surface area (Å²) >= 11 is 0. The average molecular weight is 421 g/mol. The number of aromatic nitrogens is 2. The smallest absolute Gasteiger partial charge is 0.329 e. The number of hydrogen-bond donors (Lipinski definition) is 2. The second kappa shape index (κ2) is 9.20. The van der Waals surface area contributed by atoms with E-state index in [4.69, 9.17) is 0 Å². The van der Waals surface area contributed by atoms with Crippen LogP contribution in [-0.2, 0) is 17.9 Å². The van der Waals surface area contributed by atoms with Gasteiger partial charge in [0.05, 0.1) is 11.0 Å². The van der Waals surface area contributed by atoms with E-state index in [1.54, 1.807) is 33.4 Å². The molecule has 7 heteroatoms. The lowest BCUT2D eigenvalue weighted by Crippen LogP contribution is -2.32. The molecule has 0 aliphatic heterocycles. The molecule has 4 rings (SSSR count). The van der Waals surface area contributed by atoms with E-state index in [2.05, 4.69) is 10.6 Å². The predicted molar refractivity (Wildman–Crippen MR) is 121 cm³/mol. The number of nitrogens with zero attached hydrogens (tertiary/aromatic N) is 2. The molecule has 7 nitrogen and oxygen atoms in total. The maximum Gasteiger partial charge on any atom is 0.329 e. The van der Waals surface area contributed by atoms with Gasteiger partial charge in [-0.1, -0.05) is 25.0 Å². The predicted octanol–water partition coefficient (Wildman–Crippen LogP) is 3.52. The van der Waals surface area contributed by atoms with Crippen LogP contribution in [0.15, 0.2) is 53.3 Å². The lowest BCUT2D eigenvalue weighted by Gasteiger charge is -2.12. The van der Waals surface area contributed by atoms with Gasteiger partial charge in [0, 0.05) is 36.8 Å². The van der Waals surface area contributed by atoms with Gasteiger partial charge >= 0.3 is 5.69 Å². The molecule has 2 N–H and O–H groups in total. The van der Waals surface area contributed by atoms with Crippen LogP contribution in [0.3, 0.4) is 0 Å². The van der Waals surface area contributed by atoms with Crippen LogP contribution in [0.1, 0.15) is 49.4 Å². The number of benzene rings is 2. The summed E-state index contributed by atoms with van der Waals surface area (Å²) in [7, 11) is 0. The van der Waals surface area contributed by atoms with Crippen molar-refractivity contribution >= 4 is 28.5 Å². The third-order valence-electron chi connectivity index (χ3n) is 5.93. The van der Waals surface area contributed by atoms with Crippen molar-refractivity contribution in [3.63, 3.8) is 0 Å². The molecule has 31 heavy (non-hydrogen) atoms. The second-order valence-electron chi connectivity index (χ2n) is 8.00. The minimum atomic E-state index is -0.177.